The molecule has 2 N–H and O–H groups in total. The number of amides is 3. The van der Waals surface area contributed by atoms with Crippen LogP contribution in [0.4, 0.5) is 16.2 Å². The van der Waals surface area contributed by atoms with Crippen LogP contribution in [0.1, 0.15) is 10.4 Å². The molecule has 4 rings (SSSR count). The molecule has 10 heteroatoms. The summed E-state index contributed by atoms with van der Waals surface area (Å²) in [6.07, 6.45) is 1.58. The minimum atomic E-state index is -0.539. The smallest absolute Gasteiger partial charge is 0.322 e. The van der Waals surface area contributed by atoms with Gasteiger partial charge in [0, 0.05) is 37.8 Å². The molecule has 2 aromatic carbocycles. The maximum atomic E-state index is 12.8. The van der Waals surface area contributed by atoms with E-state index in [1.54, 1.807) is 46.5 Å². The molecule has 0 spiro atoms. The number of nitrogens with one attached hydrogen (secondary N) is 2. The van der Waals surface area contributed by atoms with Crippen molar-refractivity contribution in [3.63, 3.8) is 0 Å². The topological polar surface area (TPSA) is 124 Å². The first-order valence-electron chi connectivity index (χ1n) is 9.04. The fourth-order valence-electron chi connectivity index (χ4n) is 3.30. The first kappa shape index (κ1) is 18.4. The fourth-order valence-corrected chi connectivity index (χ4v) is 3.30. The quantitative estimate of drug-likeness (QED) is 0.521. The minimum Gasteiger partial charge on any atom is -0.345 e. The van der Waals surface area contributed by atoms with Crippen molar-refractivity contribution in [3.05, 3.63) is 64.5 Å². The number of rotatable bonds is 3. The van der Waals surface area contributed by atoms with Gasteiger partial charge in [0.1, 0.15) is 5.69 Å². The molecule has 0 radical (unpaired) electrons. The zero-order valence-electron chi connectivity index (χ0n) is 15.4. The summed E-state index contributed by atoms with van der Waals surface area (Å²) in [7, 11) is 0. The van der Waals surface area contributed by atoms with Gasteiger partial charge in [0.15, 0.2) is 0 Å². The number of benzene rings is 2. The summed E-state index contributed by atoms with van der Waals surface area (Å²) in [6.45, 7) is 1.43. The van der Waals surface area contributed by atoms with Crippen molar-refractivity contribution < 1.29 is 14.5 Å². The van der Waals surface area contributed by atoms with Gasteiger partial charge in [0.2, 0.25) is 0 Å². The molecule has 0 bridgehead atoms. The standard InChI is InChI=1S/C19H18N6O4/c26-18(13-5-6-14-16(11-13)21-12-20-14)23-7-9-24(10-8-23)19(27)22-15-3-1-2-4-17(15)25(28)29/h1-6,11-12H,7-10H2,(H,20,21)(H,22,27). The molecule has 1 saturated heterocycles. The zero-order valence-corrected chi connectivity index (χ0v) is 15.4. The number of nitro benzene ring substituents is 1. The lowest BCUT2D eigenvalue weighted by atomic mass is 10.1. The number of aromatic amines is 1. The Morgan fingerprint density at radius 2 is 1.79 bits per heavy atom. The van der Waals surface area contributed by atoms with E-state index in [1.807, 2.05) is 0 Å². The fraction of sp³-hybridized carbons (Fsp3) is 0.211. The van der Waals surface area contributed by atoms with Crippen LogP contribution in [0.2, 0.25) is 0 Å². The Labute approximate surface area is 165 Å². The molecular formula is C19H18N6O4. The summed E-state index contributed by atoms with van der Waals surface area (Å²) in [5.41, 5.74) is 2.12. The average molecular weight is 394 g/mol. The number of imidazole rings is 1. The predicted molar refractivity (Wildman–Crippen MR) is 106 cm³/mol. The maximum absolute atomic E-state index is 12.8. The summed E-state index contributed by atoms with van der Waals surface area (Å²) in [5.74, 6) is -0.111. The molecule has 29 heavy (non-hydrogen) atoms. The zero-order chi connectivity index (χ0) is 20.4. The second-order valence-electron chi connectivity index (χ2n) is 6.62. The number of para-hydroxylation sites is 2. The first-order valence-corrected chi connectivity index (χ1v) is 9.04. The number of urea groups is 1. The van der Waals surface area contributed by atoms with E-state index in [-0.39, 0.29) is 17.3 Å². The molecule has 1 fully saturated rings. The van der Waals surface area contributed by atoms with Crippen molar-refractivity contribution in [1.82, 2.24) is 19.8 Å². The van der Waals surface area contributed by atoms with Gasteiger partial charge < -0.3 is 20.1 Å². The van der Waals surface area contributed by atoms with E-state index < -0.39 is 11.0 Å². The van der Waals surface area contributed by atoms with E-state index in [9.17, 15) is 19.7 Å². The SMILES string of the molecule is O=C(Nc1ccccc1[N+](=O)[O-])N1CCN(C(=O)c2ccc3nc[nH]c3c2)CC1. The van der Waals surface area contributed by atoms with Crippen molar-refractivity contribution in [1.29, 1.82) is 0 Å². The van der Waals surface area contributed by atoms with E-state index >= 15 is 0 Å². The molecule has 1 aliphatic heterocycles. The number of nitro groups is 1. The highest BCUT2D eigenvalue weighted by Gasteiger charge is 2.26. The average Bonchev–Trinajstić information content (AvgIpc) is 3.21. The Bertz CT molecular complexity index is 1090. The molecule has 0 atom stereocenters. The van der Waals surface area contributed by atoms with Crippen molar-refractivity contribution in [2.24, 2.45) is 0 Å². The molecule has 10 nitrogen and oxygen atoms in total. The molecule has 148 valence electrons. The summed E-state index contributed by atoms with van der Waals surface area (Å²) in [4.78, 5) is 46.1. The van der Waals surface area contributed by atoms with Crippen LogP contribution in [-0.4, -0.2) is 62.8 Å². The lowest BCUT2D eigenvalue weighted by Crippen LogP contribution is -2.51. The molecule has 3 amide bonds. The van der Waals surface area contributed by atoms with Crippen LogP contribution < -0.4 is 5.32 Å². The van der Waals surface area contributed by atoms with Crippen molar-refractivity contribution >= 4 is 34.3 Å². The molecule has 1 aromatic heterocycles. The van der Waals surface area contributed by atoms with Crippen LogP contribution in [0.5, 0.6) is 0 Å². The first-order chi connectivity index (χ1) is 14.0. The van der Waals surface area contributed by atoms with Crippen LogP contribution in [0.15, 0.2) is 48.8 Å². The molecule has 0 aliphatic carbocycles. The highest BCUT2D eigenvalue weighted by atomic mass is 16.6. The lowest BCUT2D eigenvalue weighted by Gasteiger charge is -2.34. The highest BCUT2D eigenvalue weighted by Crippen LogP contribution is 2.23. The second-order valence-corrected chi connectivity index (χ2v) is 6.62. The van der Waals surface area contributed by atoms with Gasteiger partial charge in [-0.05, 0) is 24.3 Å². The molecule has 3 aromatic rings. The maximum Gasteiger partial charge on any atom is 0.322 e. The van der Waals surface area contributed by atoms with Gasteiger partial charge in [-0.25, -0.2) is 9.78 Å². The third-order valence-corrected chi connectivity index (χ3v) is 4.86. The lowest BCUT2D eigenvalue weighted by molar-refractivity contribution is -0.383. The molecule has 2 heterocycles. The van der Waals surface area contributed by atoms with Gasteiger partial charge in [-0.1, -0.05) is 12.1 Å². The van der Waals surface area contributed by atoms with Gasteiger partial charge in [0.25, 0.3) is 11.6 Å². The summed E-state index contributed by atoms with van der Waals surface area (Å²) < 4.78 is 0. The number of aromatic nitrogens is 2. The molecule has 0 saturated carbocycles. The number of piperazine rings is 1. The van der Waals surface area contributed by atoms with E-state index in [2.05, 4.69) is 15.3 Å². The summed E-state index contributed by atoms with van der Waals surface area (Å²) >= 11 is 0. The van der Waals surface area contributed by atoms with Crippen molar-refractivity contribution in [3.8, 4) is 0 Å². The Kier molecular flexibility index (Phi) is 4.82. The largest absolute Gasteiger partial charge is 0.345 e. The Balaban J connectivity index is 1.38. The number of fused-ring (bicyclic) bond motifs is 1. The normalized spacial score (nSPS) is 14.1. The summed E-state index contributed by atoms with van der Waals surface area (Å²) in [5, 5.41) is 13.7. The number of carbonyl (C=O) groups is 2. The van der Waals surface area contributed by atoms with Crippen LogP contribution in [0.25, 0.3) is 11.0 Å². The summed E-state index contributed by atoms with van der Waals surface area (Å²) in [6, 6.07) is 10.8. The third kappa shape index (κ3) is 3.72. The monoisotopic (exact) mass is 394 g/mol. The molecule has 1 aliphatic rings. The van der Waals surface area contributed by atoms with Crippen LogP contribution in [-0.2, 0) is 0 Å². The van der Waals surface area contributed by atoms with Crippen molar-refractivity contribution in [2.45, 2.75) is 0 Å². The Morgan fingerprint density at radius 3 is 2.55 bits per heavy atom. The Hall–Kier alpha value is -3.95. The van der Waals surface area contributed by atoms with Gasteiger partial charge in [-0.15, -0.1) is 0 Å². The van der Waals surface area contributed by atoms with Gasteiger partial charge in [-0.3, -0.25) is 14.9 Å². The molecule has 0 unspecified atom stereocenters. The van der Waals surface area contributed by atoms with Gasteiger partial charge in [0.05, 0.1) is 22.3 Å². The van der Waals surface area contributed by atoms with Crippen LogP contribution >= 0.6 is 0 Å². The Morgan fingerprint density at radius 1 is 1.07 bits per heavy atom. The van der Waals surface area contributed by atoms with E-state index in [0.717, 1.165) is 11.0 Å². The number of hydrogen-bond donors (Lipinski definition) is 2. The van der Waals surface area contributed by atoms with Crippen LogP contribution in [0.3, 0.4) is 0 Å². The second kappa shape index (κ2) is 7.58. The molecular weight excluding hydrogens is 376 g/mol. The van der Waals surface area contributed by atoms with Gasteiger partial charge in [-0.2, -0.15) is 0 Å². The van der Waals surface area contributed by atoms with E-state index in [0.29, 0.717) is 31.7 Å². The minimum absolute atomic E-state index is 0.111. The number of H-pyrrole nitrogens is 1. The van der Waals surface area contributed by atoms with E-state index in [1.165, 1.54) is 12.1 Å². The van der Waals surface area contributed by atoms with Crippen LogP contribution in [0, 0.1) is 10.1 Å². The number of nitrogens with zero attached hydrogens (tertiary/aromatic N) is 4. The van der Waals surface area contributed by atoms with Crippen molar-refractivity contribution in [2.75, 3.05) is 31.5 Å². The van der Waals surface area contributed by atoms with E-state index in [4.69, 9.17) is 0 Å². The third-order valence-electron chi connectivity index (χ3n) is 4.86. The predicted octanol–water partition coefficient (Wildman–Crippen LogP) is 2.46. The number of anilines is 1. The number of hydrogen-bond acceptors (Lipinski definition) is 5. The van der Waals surface area contributed by atoms with Gasteiger partial charge >= 0.3 is 6.03 Å². The number of carbonyl (C=O) groups excluding carboxylic acids is 2. The highest BCUT2D eigenvalue weighted by molar-refractivity contribution is 5.97.